The van der Waals surface area contributed by atoms with Crippen LogP contribution in [0.15, 0.2) is 59.7 Å². The lowest BCUT2D eigenvalue weighted by Crippen LogP contribution is -2.19. The maximum absolute atomic E-state index is 12.1. The average Bonchev–Trinajstić information content (AvgIpc) is 2.81. The molecule has 3 rings (SSSR count). The Kier molecular flexibility index (Phi) is 10.2. The minimum absolute atomic E-state index is 0.211. The molecule has 0 heterocycles. The van der Waals surface area contributed by atoms with Crippen LogP contribution in [0.3, 0.4) is 0 Å². The average molecular weight is 558 g/mol. The Bertz CT molecular complexity index is 1170. The first-order valence-corrected chi connectivity index (χ1v) is 12.6. The molecule has 0 unspecified atom stereocenters. The maximum atomic E-state index is 12.1. The number of nitrogens with one attached hydrogen (secondary N) is 1. The maximum Gasteiger partial charge on any atom is 0.250 e. The number of halogens is 4. The number of hydrazone groups is 1. The van der Waals surface area contributed by atoms with E-state index in [1.165, 1.54) is 18.0 Å². The minimum atomic E-state index is -0.240. The van der Waals surface area contributed by atoms with E-state index in [4.69, 9.17) is 55.9 Å². The van der Waals surface area contributed by atoms with Crippen molar-refractivity contribution in [3.63, 3.8) is 0 Å². The van der Waals surface area contributed by atoms with Crippen molar-refractivity contribution in [1.82, 2.24) is 5.43 Å². The number of hydrogen-bond donors (Lipinski definition) is 1. The van der Waals surface area contributed by atoms with Gasteiger partial charge in [0.15, 0.2) is 11.5 Å². The predicted molar refractivity (Wildman–Crippen MR) is 142 cm³/mol. The van der Waals surface area contributed by atoms with Crippen molar-refractivity contribution >= 4 is 70.3 Å². The van der Waals surface area contributed by atoms with Crippen molar-refractivity contribution in [3.8, 4) is 11.5 Å². The molecule has 0 aliphatic heterocycles. The lowest BCUT2D eigenvalue weighted by Gasteiger charge is -2.12. The highest BCUT2D eigenvalue weighted by Crippen LogP contribution is 2.30. The summed E-state index contributed by atoms with van der Waals surface area (Å²) in [6.45, 7) is 0.257. The van der Waals surface area contributed by atoms with Gasteiger partial charge in [-0.2, -0.15) is 5.10 Å². The highest BCUT2D eigenvalue weighted by Gasteiger charge is 2.09. The number of carbonyl (C=O) groups is 1. The predicted octanol–water partition coefficient (Wildman–Crippen LogP) is 7.27. The molecule has 0 saturated heterocycles. The molecule has 178 valence electrons. The first-order chi connectivity index (χ1) is 16.4. The zero-order valence-corrected chi connectivity index (χ0v) is 21.8. The van der Waals surface area contributed by atoms with Gasteiger partial charge in [0.2, 0.25) is 5.91 Å². The first kappa shape index (κ1) is 26.5. The summed E-state index contributed by atoms with van der Waals surface area (Å²) in [5.41, 5.74) is 4.84. The number of thioether (sulfide) groups is 1. The third kappa shape index (κ3) is 7.72. The molecular formula is C24H20Cl4N2O3S. The normalized spacial score (nSPS) is 11.0. The molecule has 3 aromatic carbocycles. The van der Waals surface area contributed by atoms with Crippen LogP contribution >= 0.6 is 58.2 Å². The van der Waals surface area contributed by atoms with Crippen LogP contribution in [0.2, 0.25) is 20.1 Å². The van der Waals surface area contributed by atoms with E-state index in [9.17, 15) is 4.79 Å². The third-order valence-electron chi connectivity index (χ3n) is 4.53. The number of hydrogen-bond acceptors (Lipinski definition) is 5. The Morgan fingerprint density at radius 3 is 2.47 bits per heavy atom. The molecule has 0 aromatic heterocycles. The quantitative estimate of drug-likeness (QED) is 0.210. The second-order valence-corrected chi connectivity index (χ2v) is 9.56. The molecule has 0 fully saturated rings. The molecule has 0 saturated carbocycles. The molecule has 1 N–H and O–H groups in total. The number of carbonyl (C=O) groups excluding carboxylic acids is 1. The molecule has 3 aromatic rings. The van der Waals surface area contributed by atoms with Crippen molar-refractivity contribution in [2.75, 3.05) is 12.9 Å². The van der Waals surface area contributed by atoms with E-state index in [0.717, 1.165) is 16.7 Å². The lowest BCUT2D eigenvalue weighted by atomic mass is 10.2. The van der Waals surface area contributed by atoms with Crippen LogP contribution in [0.25, 0.3) is 0 Å². The van der Waals surface area contributed by atoms with Crippen LogP contribution in [-0.2, 0) is 17.2 Å². The zero-order chi connectivity index (χ0) is 24.5. The van der Waals surface area contributed by atoms with Crippen LogP contribution in [0.5, 0.6) is 11.5 Å². The van der Waals surface area contributed by atoms with Crippen LogP contribution < -0.4 is 14.9 Å². The van der Waals surface area contributed by atoms with E-state index in [-0.39, 0.29) is 18.3 Å². The van der Waals surface area contributed by atoms with Crippen molar-refractivity contribution in [3.05, 3.63) is 91.4 Å². The fourth-order valence-corrected chi connectivity index (χ4v) is 4.82. The van der Waals surface area contributed by atoms with Gasteiger partial charge in [0.05, 0.1) is 19.1 Å². The van der Waals surface area contributed by atoms with Gasteiger partial charge in [0.1, 0.15) is 6.61 Å². The molecule has 0 aliphatic rings. The van der Waals surface area contributed by atoms with E-state index in [2.05, 4.69) is 10.5 Å². The van der Waals surface area contributed by atoms with Gasteiger partial charge in [-0.25, -0.2) is 5.43 Å². The number of methoxy groups -OCH3 is 1. The van der Waals surface area contributed by atoms with Gasteiger partial charge < -0.3 is 9.47 Å². The Morgan fingerprint density at radius 2 is 1.76 bits per heavy atom. The molecule has 0 spiro atoms. The van der Waals surface area contributed by atoms with Gasteiger partial charge in [-0.05, 0) is 53.6 Å². The van der Waals surface area contributed by atoms with Gasteiger partial charge in [-0.1, -0.05) is 58.5 Å². The van der Waals surface area contributed by atoms with Crippen LogP contribution in [0.1, 0.15) is 16.7 Å². The second kappa shape index (κ2) is 13.1. The van der Waals surface area contributed by atoms with Gasteiger partial charge in [0, 0.05) is 31.4 Å². The SMILES string of the molecule is COc1cc(/C=N\NC(=O)CSCc2c(Cl)cccc2Cl)ccc1OCc1ccc(Cl)cc1Cl. The molecule has 0 bridgehead atoms. The van der Waals surface area contributed by atoms with E-state index >= 15 is 0 Å². The van der Waals surface area contributed by atoms with Crippen molar-refractivity contribution in [2.24, 2.45) is 5.10 Å². The van der Waals surface area contributed by atoms with E-state index in [1.807, 2.05) is 6.07 Å². The van der Waals surface area contributed by atoms with Crippen molar-refractivity contribution < 1.29 is 14.3 Å². The Balaban J connectivity index is 1.50. The number of amides is 1. The molecular weight excluding hydrogens is 538 g/mol. The third-order valence-corrected chi connectivity index (χ3v) is 6.78. The summed E-state index contributed by atoms with van der Waals surface area (Å²) < 4.78 is 11.3. The van der Waals surface area contributed by atoms with Crippen molar-refractivity contribution in [2.45, 2.75) is 12.4 Å². The Morgan fingerprint density at radius 1 is 1.00 bits per heavy atom. The molecule has 5 nitrogen and oxygen atoms in total. The number of nitrogens with zero attached hydrogens (tertiary/aromatic N) is 1. The van der Waals surface area contributed by atoms with Gasteiger partial charge in [0.25, 0.3) is 0 Å². The molecule has 0 atom stereocenters. The fourth-order valence-electron chi connectivity index (χ4n) is 2.81. The summed E-state index contributed by atoms with van der Waals surface area (Å²) in [6.07, 6.45) is 1.52. The largest absolute Gasteiger partial charge is 0.493 e. The number of benzene rings is 3. The van der Waals surface area contributed by atoms with Crippen LogP contribution in [0.4, 0.5) is 0 Å². The first-order valence-electron chi connectivity index (χ1n) is 9.94. The van der Waals surface area contributed by atoms with Gasteiger partial charge in [-0.15, -0.1) is 11.8 Å². The lowest BCUT2D eigenvalue weighted by molar-refractivity contribution is -0.118. The highest BCUT2D eigenvalue weighted by molar-refractivity contribution is 7.99. The Labute approximate surface area is 222 Å². The minimum Gasteiger partial charge on any atom is -0.493 e. The number of rotatable bonds is 10. The highest BCUT2D eigenvalue weighted by atomic mass is 35.5. The fraction of sp³-hybridized carbons (Fsp3) is 0.167. The van der Waals surface area contributed by atoms with E-state index < -0.39 is 0 Å². The summed E-state index contributed by atoms with van der Waals surface area (Å²) in [6, 6.07) is 15.9. The monoisotopic (exact) mass is 556 g/mol. The topological polar surface area (TPSA) is 59.9 Å². The standard InChI is InChI=1S/C24H20Cl4N2O3S/c1-32-23-9-15(5-8-22(23)33-12-16-6-7-17(25)10-21(16)28)11-29-30-24(31)14-34-13-18-19(26)3-2-4-20(18)27/h2-11H,12-14H2,1H3,(H,30,31)/b29-11-. The van der Waals surface area contributed by atoms with Crippen LogP contribution in [-0.4, -0.2) is 25.0 Å². The van der Waals surface area contributed by atoms with E-state index in [0.29, 0.717) is 37.3 Å². The summed E-state index contributed by atoms with van der Waals surface area (Å²) in [7, 11) is 1.54. The molecule has 10 heteroatoms. The summed E-state index contributed by atoms with van der Waals surface area (Å²) in [5, 5.41) is 6.25. The molecule has 1 amide bonds. The summed E-state index contributed by atoms with van der Waals surface area (Å²) >= 11 is 25.8. The van der Waals surface area contributed by atoms with Crippen molar-refractivity contribution in [1.29, 1.82) is 0 Å². The molecule has 0 aliphatic carbocycles. The van der Waals surface area contributed by atoms with Crippen LogP contribution in [0, 0.1) is 0 Å². The zero-order valence-electron chi connectivity index (χ0n) is 18.0. The Hall–Kier alpha value is -2.09. The molecule has 34 heavy (non-hydrogen) atoms. The van der Waals surface area contributed by atoms with Gasteiger partial charge >= 0.3 is 0 Å². The summed E-state index contributed by atoms with van der Waals surface area (Å²) in [5.74, 6) is 1.56. The second-order valence-electron chi connectivity index (χ2n) is 6.92. The smallest absolute Gasteiger partial charge is 0.250 e. The van der Waals surface area contributed by atoms with Gasteiger partial charge in [-0.3, -0.25) is 4.79 Å². The summed E-state index contributed by atoms with van der Waals surface area (Å²) in [4.78, 5) is 12.1. The molecule has 0 radical (unpaired) electrons. The van der Waals surface area contributed by atoms with E-state index in [1.54, 1.807) is 55.6 Å². The number of ether oxygens (including phenoxy) is 2.